The van der Waals surface area contributed by atoms with Crippen LogP contribution in [0, 0.1) is 5.82 Å². The van der Waals surface area contributed by atoms with Crippen LogP contribution in [0.1, 0.15) is 24.5 Å². The van der Waals surface area contributed by atoms with Crippen molar-refractivity contribution in [1.82, 2.24) is 14.9 Å². The molecule has 26 heavy (non-hydrogen) atoms. The number of piperidine rings is 1. The third-order valence-corrected chi connectivity index (χ3v) is 5.41. The van der Waals surface area contributed by atoms with E-state index in [-0.39, 0.29) is 22.7 Å². The number of urea groups is 1. The molecule has 1 saturated heterocycles. The molecule has 1 atom stereocenters. The summed E-state index contributed by atoms with van der Waals surface area (Å²) < 4.78 is 36.9. The van der Waals surface area contributed by atoms with E-state index in [1.54, 1.807) is 4.90 Å². The predicted molar refractivity (Wildman–Crippen MR) is 94.1 cm³/mol. The number of likely N-dealkylation sites (tertiary alicyclic amines) is 1. The Morgan fingerprint density at radius 1 is 1.31 bits per heavy atom. The quantitative estimate of drug-likeness (QED) is 0.886. The maximum atomic E-state index is 13.0. The van der Waals surface area contributed by atoms with Gasteiger partial charge >= 0.3 is 6.03 Å². The number of benzene rings is 1. The van der Waals surface area contributed by atoms with E-state index >= 15 is 0 Å². The Hall–Kier alpha value is -2.55. The number of nitrogens with one attached hydrogen (secondary N) is 1. The first kappa shape index (κ1) is 18.2. The van der Waals surface area contributed by atoms with Crippen molar-refractivity contribution in [3.8, 4) is 0 Å². The summed E-state index contributed by atoms with van der Waals surface area (Å²) in [7, 11) is -3.45. The second-order valence-electron chi connectivity index (χ2n) is 6.27. The maximum Gasteiger partial charge on any atom is 0.321 e. The van der Waals surface area contributed by atoms with Crippen molar-refractivity contribution in [3.63, 3.8) is 0 Å². The van der Waals surface area contributed by atoms with Gasteiger partial charge in [-0.05, 0) is 37.1 Å². The first-order valence-corrected chi connectivity index (χ1v) is 10.0. The van der Waals surface area contributed by atoms with E-state index in [9.17, 15) is 17.6 Å². The fourth-order valence-corrected chi connectivity index (χ4v) is 3.89. The van der Waals surface area contributed by atoms with Gasteiger partial charge in [-0.25, -0.2) is 27.6 Å². The summed E-state index contributed by atoms with van der Waals surface area (Å²) in [4.78, 5) is 22.2. The number of hydrogen-bond acceptors (Lipinski definition) is 5. The molecule has 0 radical (unpaired) electrons. The van der Waals surface area contributed by atoms with Crippen LogP contribution in [0.4, 0.5) is 14.9 Å². The minimum Gasteiger partial charge on any atom is -0.324 e. The number of halogens is 1. The van der Waals surface area contributed by atoms with Crippen LogP contribution in [-0.4, -0.2) is 48.7 Å². The van der Waals surface area contributed by atoms with Gasteiger partial charge in [0.05, 0.1) is 5.69 Å². The van der Waals surface area contributed by atoms with Gasteiger partial charge < -0.3 is 10.2 Å². The molecule has 0 unspecified atom stereocenters. The minimum atomic E-state index is -3.45. The van der Waals surface area contributed by atoms with Crippen molar-refractivity contribution >= 4 is 21.6 Å². The lowest BCUT2D eigenvalue weighted by atomic mass is 9.94. The Morgan fingerprint density at radius 3 is 2.73 bits per heavy atom. The molecule has 0 bridgehead atoms. The van der Waals surface area contributed by atoms with E-state index in [0.29, 0.717) is 24.5 Å². The zero-order valence-corrected chi connectivity index (χ0v) is 15.0. The van der Waals surface area contributed by atoms with Crippen molar-refractivity contribution in [1.29, 1.82) is 0 Å². The third kappa shape index (κ3) is 4.16. The van der Waals surface area contributed by atoms with Gasteiger partial charge in [0.15, 0.2) is 9.84 Å². The van der Waals surface area contributed by atoms with Crippen molar-refractivity contribution in [2.45, 2.75) is 23.7 Å². The van der Waals surface area contributed by atoms with Gasteiger partial charge in [0.25, 0.3) is 0 Å². The topological polar surface area (TPSA) is 92.3 Å². The fraction of sp³-hybridized carbons (Fsp3) is 0.353. The molecule has 1 aliphatic rings. The normalized spacial score (nSPS) is 17.8. The van der Waals surface area contributed by atoms with Crippen molar-refractivity contribution in [2.24, 2.45) is 0 Å². The summed E-state index contributed by atoms with van der Waals surface area (Å²) in [5, 5.41) is 2.73. The van der Waals surface area contributed by atoms with E-state index in [1.165, 1.54) is 36.8 Å². The summed E-state index contributed by atoms with van der Waals surface area (Å²) >= 11 is 0. The summed E-state index contributed by atoms with van der Waals surface area (Å²) in [6, 6.07) is 5.21. The second kappa shape index (κ2) is 7.36. The fourth-order valence-electron chi connectivity index (χ4n) is 3.04. The van der Waals surface area contributed by atoms with Crippen molar-refractivity contribution in [3.05, 3.63) is 48.3 Å². The van der Waals surface area contributed by atoms with Crippen molar-refractivity contribution < 1.29 is 17.6 Å². The zero-order valence-electron chi connectivity index (χ0n) is 14.2. The second-order valence-corrected chi connectivity index (χ2v) is 8.25. The highest BCUT2D eigenvalue weighted by molar-refractivity contribution is 7.90. The first-order valence-electron chi connectivity index (χ1n) is 8.16. The molecule has 0 saturated carbocycles. The molecule has 0 aliphatic carbocycles. The highest BCUT2D eigenvalue weighted by Gasteiger charge is 2.29. The molecule has 2 aromatic rings. The lowest BCUT2D eigenvalue weighted by Crippen LogP contribution is -2.42. The molecular weight excluding hydrogens is 359 g/mol. The third-order valence-electron chi connectivity index (χ3n) is 4.30. The molecule has 1 fully saturated rings. The molecule has 9 heteroatoms. The standard InChI is InChI=1S/C17H19FN4O3S/c1-26(24,25)15-9-19-11-20-16(15)12-3-2-8-22(10-12)17(23)21-14-6-4-13(18)5-7-14/h4-7,9,11-12H,2-3,8,10H2,1H3,(H,21,23)/t12-/m0/s1. The lowest BCUT2D eigenvalue weighted by Gasteiger charge is -2.33. The molecule has 1 aromatic carbocycles. The number of amides is 2. The molecule has 0 spiro atoms. The first-order chi connectivity index (χ1) is 12.3. The van der Waals surface area contributed by atoms with Crippen LogP contribution in [0.3, 0.4) is 0 Å². The smallest absolute Gasteiger partial charge is 0.321 e. The highest BCUT2D eigenvalue weighted by Crippen LogP contribution is 2.29. The SMILES string of the molecule is CS(=O)(=O)c1cncnc1[C@H]1CCCN(C(=O)Nc2ccc(F)cc2)C1. The average Bonchev–Trinajstić information content (AvgIpc) is 2.63. The van der Waals surface area contributed by atoms with Crippen molar-refractivity contribution in [2.75, 3.05) is 24.7 Å². The molecule has 3 rings (SSSR count). The van der Waals surface area contributed by atoms with Crippen LogP contribution < -0.4 is 5.32 Å². The largest absolute Gasteiger partial charge is 0.324 e. The van der Waals surface area contributed by atoms with Gasteiger partial charge in [-0.2, -0.15) is 0 Å². The van der Waals surface area contributed by atoms with Gasteiger partial charge in [-0.15, -0.1) is 0 Å². The van der Waals surface area contributed by atoms with E-state index in [4.69, 9.17) is 0 Å². The van der Waals surface area contributed by atoms with Gasteiger partial charge in [0, 0.05) is 37.1 Å². The summed E-state index contributed by atoms with van der Waals surface area (Å²) in [6.07, 6.45) is 5.21. The van der Waals surface area contributed by atoms with E-state index < -0.39 is 9.84 Å². The molecule has 138 valence electrons. The number of sulfone groups is 1. The van der Waals surface area contributed by atoms with Crippen LogP contribution in [0.5, 0.6) is 0 Å². The van der Waals surface area contributed by atoms with E-state index in [2.05, 4.69) is 15.3 Å². The Bertz CT molecular complexity index is 902. The van der Waals surface area contributed by atoms with Crippen LogP contribution in [0.2, 0.25) is 0 Å². The highest BCUT2D eigenvalue weighted by atomic mass is 32.2. The van der Waals surface area contributed by atoms with Gasteiger partial charge in [-0.3, -0.25) is 0 Å². The van der Waals surface area contributed by atoms with E-state index in [1.807, 2.05) is 0 Å². The van der Waals surface area contributed by atoms with Crippen LogP contribution >= 0.6 is 0 Å². The molecule has 1 N–H and O–H groups in total. The summed E-state index contributed by atoms with van der Waals surface area (Å²) in [5.41, 5.74) is 0.944. The molecule has 1 aromatic heterocycles. The average molecular weight is 378 g/mol. The monoisotopic (exact) mass is 378 g/mol. The molecule has 2 amide bonds. The predicted octanol–water partition coefficient (Wildman–Crippen LogP) is 2.43. The van der Waals surface area contributed by atoms with E-state index in [0.717, 1.165) is 19.1 Å². The van der Waals surface area contributed by atoms with Crippen LogP contribution in [0.15, 0.2) is 41.7 Å². The molecule has 2 heterocycles. The van der Waals surface area contributed by atoms with Gasteiger partial charge in [0.2, 0.25) is 0 Å². The van der Waals surface area contributed by atoms with Crippen LogP contribution in [-0.2, 0) is 9.84 Å². The number of nitrogens with zero attached hydrogens (tertiary/aromatic N) is 3. The molecule has 7 nitrogen and oxygen atoms in total. The number of anilines is 1. The zero-order chi connectivity index (χ0) is 18.7. The molecular formula is C17H19FN4O3S. The maximum absolute atomic E-state index is 13.0. The molecule has 1 aliphatic heterocycles. The Balaban J connectivity index is 1.76. The summed E-state index contributed by atoms with van der Waals surface area (Å²) in [6.45, 7) is 0.912. The number of aromatic nitrogens is 2. The van der Waals surface area contributed by atoms with Gasteiger partial charge in [0.1, 0.15) is 17.0 Å². The number of hydrogen-bond donors (Lipinski definition) is 1. The summed E-state index contributed by atoms with van der Waals surface area (Å²) in [5.74, 6) is -0.562. The number of carbonyl (C=O) groups excluding carboxylic acids is 1. The minimum absolute atomic E-state index is 0.103. The Labute approximate surface area is 151 Å². The van der Waals surface area contributed by atoms with Gasteiger partial charge in [-0.1, -0.05) is 0 Å². The Morgan fingerprint density at radius 2 is 2.04 bits per heavy atom. The number of rotatable bonds is 3. The number of carbonyl (C=O) groups is 1. The Kier molecular flexibility index (Phi) is 5.17. The van der Waals surface area contributed by atoms with Crippen LogP contribution in [0.25, 0.3) is 0 Å². The lowest BCUT2D eigenvalue weighted by molar-refractivity contribution is 0.191.